The van der Waals surface area contributed by atoms with Crippen LogP contribution >= 0.6 is 11.6 Å². The van der Waals surface area contributed by atoms with E-state index in [1.807, 2.05) is 30.3 Å². The molecular weight excluding hydrogens is 384 g/mol. The maximum absolute atomic E-state index is 12.2. The fourth-order valence-electron chi connectivity index (χ4n) is 2.56. The molecule has 8 heteroatoms. The number of carbonyl (C=O) groups is 2. The number of ether oxygens (including phenoxy) is 1. The molecule has 0 radical (unpaired) electrons. The molecule has 3 N–H and O–H groups in total. The number of hydrogen-bond donors (Lipinski definition) is 3. The number of rotatable bonds is 6. The van der Waals surface area contributed by atoms with Crippen molar-refractivity contribution >= 4 is 34.2 Å². The Morgan fingerprint density at radius 2 is 1.89 bits per heavy atom. The Morgan fingerprint density at radius 3 is 2.57 bits per heavy atom. The number of amides is 1. The minimum atomic E-state index is -1.21. The number of nitrogens with one attached hydrogen (secondary N) is 1. The minimum Gasteiger partial charge on any atom is -0.505 e. The fraction of sp³-hybridized carbons (Fsp3) is 0.150. The van der Waals surface area contributed by atoms with Crippen LogP contribution in [-0.4, -0.2) is 33.1 Å². The second-order valence-electron chi connectivity index (χ2n) is 6.11. The molecule has 0 bridgehead atoms. The lowest BCUT2D eigenvalue weighted by Gasteiger charge is -2.13. The molecule has 0 spiro atoms. The van der Waals surface area contributed by atoms with Gasteiger partial charge in [0, 0.05) is 10.8 Å². The van der Waals surface area contributed by atoms with Gasteiger partial charge in [0.25, 0.3) is 5.91 Å². The Kier molecular flexibility index (Phi) is 5.65. The van der Waals surface area contributed by atoms with Gasteiger partial charge in [-0.05, 0) is 30.7 Å². The summed E-state index contributed by atoms with van der Waals surface area (Å²) in [5.74, 6) is -1.90. The van der Waals surface area contributed by atoms with Gasteiger partial charge in [0.05, 0.1) is 0 Å². The Balaban J connectivity index is 1.88. The molecule has 2 aromatic carbocycles. The molecule has 1 amide bonds. The second kappa shape index (κ2) is 8.14. The predicted octanol–water partition coefficient (Wildman–Crippen LogP) is 3.38. The standard InChI is InChI=1S/C20H17ClN2O5/c1-11(20(26)27)22-19(25)16-17(24)14-8-7-13(9-15(14)18(21)23-16)28-10-12-5-3-2-4-6-12/h2-9,11,24H,10H2,1H3,(H,22,25)(H,26,27)/t11-/m1/s1. The van der Waals surface area contributed by atoms with Crippen molar-refractivity contribution in [3.63, 3.8) is 0 Å². The molecule has 0 saturated carbocycles. The maximum Gasteiger partial charge on any atom is 0.325 e. The Labute approximate surface area is 165 Å². The number of aromatic nitrogens is 1. The van der Waals surface area contributed by atoms with E-state index >= 15 is 0 Å². The van der Waals surface area contributed by atoms with Crippen LogP contribution < -0.4 is 10.1 Å². The van der Waals surface area contributed by atoms with Crippen molar-refractivity contribution in [1.82, 2.24) is 10.3 Å². The van der Waals surface area contributed by atoms with Gasteiger partial charge in [0.15, 0.2) is 11.4 Å². The van der Waals surface area contributed by atoms with Crippen LogP contribution in [-0.2, 0) is 11.4 Å². The van der Waals surface area contributed by atoms with Gasteiger partial charge >= 0.3 is 5.97 Å². The molecule has 28 heavy (non-hydrogen) atoms. The molecule has 0 fully saturated rings. The Hall–Kier alpha value is -3.32. The summed E-state index contributed by atoms with van der Waals surface area (Å²) in [5, 5.41) is 22.3. The zero-order valence-electron chi connectivity index (χ0n) is 14.8. The summed E-state index contributed by atoms with van der Waals surface area (Å²) >= 11 is 6.19. The van der Waals surface area contributed by atoms with E-state index in [0.29, 0.717) is 23.1 Å². The van der Waals surface area contributed by atoms with Gasteiger partial charge in [-0.1, -0.05) is 41.9 Å². The molecule has 0 aliphatic rings. The maximum atomic E-state index is 12.2. The molecule has 1 aromatic heterocycles. The minimum absolute atomic E-state index is 0.00825. The normalized spacial score (nSPS) is 11.8. The number of hydrogen-bond acceptors (Lipinski definition) is 5. The van der Waals surface area contributed by atoms with Crippen LogP contribution in [0.15, 0.2) is 48.5 Å². The molecule has 3 rings (SSSR count). The summed E-state index contributed by atoms with van der Waals surface area (Å²) in [6.07, 6.45) is 0. The third-order valence-corrected chi connectivity index (χ3v) is 4.37. The zero-order chi connectivity index (χ0) is 20.3. The van der Waals surface area contributed by atoms with Crippen molar-refractivity contribution in [2.75, 3.05) is 0 Å². The molecule has 7 nitrogen and oxygen atoms in total. The summed E-state index contributed by atoms with van der Waals surface area (Å²) < 4.78 is 5.74. The number of benzene rings is 2. The first-order valence-corrected chi connectivity index (χ1v) is 8.77. The van der Waals surface area contributed by atoms with Crippen LogP contribution in [0.2, 0.25) is 5.15 Å². The van der Waals surface area contributed by atoms with Crippen LogP contribution in [0.25, 0.3) is 10.8 Å². The fourth-order valence-corrected chi connectivity index (χ4v) is 2.80. The quantitative estimate of drug-likeness (QED) is 0.547. The van der Waals surface area contributed by atoms with E-state index in [-0.39, 0.29) is 16.6 Å². The van der Waals surface area contributed by atoms with Crippen LogP contribution in [0, 0.1) is 0 Å². The summed E-state index contributed by atoms with van der Waals surface area (Å²) in [6, 6.07) is 13.3. The molecule has 0 aliphatic heterocycles. The van der Waals surface area contributed by atoms with Crippen molar-refractivity contribution in [2.24, 2.45) is 0 Å². The number of halogens is 1. The average Bonchev–Trinajstić information content (AvgIpc) is 2.69. The van der Waals surface area contributed by atoms with Gasteiger partial charge in [0.1, 0.15) is 23.6 Å². The second-order valence-corrected chi connectivity index (χ2v) is 6.47. The number of carbonyl (C=O) groups excluding carboxylic acids is 1. The molecule has 0 aliphatic carbocycles. The smallest absolute Gasteiger partial charge is 0.325 e. The van der Waals surface area contributed by atoms with E-state index < -0.39 is 17.9 Å². The van der Waals surface area contributed by atoms with E-state index in [9.17, 15) is 14.7 Å². The van der Waals surface area contributed by atoms with Crippen LogP contribution in [0.1, 0.15) is 23.0 Å². The predicted molar refractivity (Wildman–Crippen MR) is 104 cm³/mol. The first-order chi connectivity index (χ1) is 13.4. The third-order valence-electron chi connectivity index (χ3n) is 4.08. The molecule has 3 aromatic rings. The number of pyridine rings is 1. The van der Waals surface area contributed by atoms with E-state index in [4.69, 9.17) is 21.4 Å². The highest BCUT2D eigenvalue weighted by Gasteiger charge is 2.22. The lowest BCUT2D eigenvalue weighted by Crippen LogP contribution is -2.38. The Bertz CT molecular complexity index is 1040. The molecule has 1 heterocycles. The van der Waals surface area contributed by atoms with Gasteiger partial charge in [0.2, 0.25) is 0 Å². The van der Waals surface area contributed by atoms with Gasteiger partial charge < -0.3 is 20.3 Å². The van der Waals surface area contributed by atoms with Crippen molar-refractivity contribution in [3.05, 3.63) is 64.9 Å². The number of carboxylic acids is 1. The first-order valence-electron chi connectivity index (χ1n) is 8.39. The monoisotopic (exact) mass is 400 g/mol. The molecule has 1 atom stereocenters. The van der Waals surface area contributed by atoms with Gasteiger partial charge in [-0.15, -0.1) is 0 Å². The summed E-state index contributed by atoms with van der Waals surface area (Å²) in [5.41, 5.74) is 0.651. The number of fused-ring (bicyclic) bond motifs is 1. The number of nitrogens with zero attached hydrogens (tertiary/aromatic N) is 1. The van der Waals surface area contributed by atoms with E-state index in [2.05, 4.69) is 10.3 Å². The first kappa shape index (κ1) is 19.4. The molecule has 0 saturated heterocycles. The topological polar surface area (TPSA) is 109 Å². The number of carboxylic acid groups (broad SMARTS) is 1. The van der Waals surface area contributed by atoms with E-state index in [0.717, 1.165) is 5.56 Å². The SMILES string of the molecule is C[C@@H](NC(=O)c1nc(Cl)c2cc(OCc3ccccc3)ccc2c1O)C(=O)O. The summed E-state index contributed by atoms with van der Waals surface area (Å²) in [7, 11) is 0. The van der Waals surface area contributed by atoms with E-state index in [1.165, 1.54) is 6.92 Å². The largest absolute Gasteiger partial charge is 0.505 e. The number of aromatic hydroxyl groups is 1. The van der Waals surface area contributed by atoms with Crippen molar-refractivity contribution in [2.45, 2.75) is 19.6 Å². The van der Waals surface area contributed by atoms with Crippen LogP contribution in [0.3, 0.4) is 0 Å². The highest BCUT2D eigenvalue weighted by molar-refractivity contribution is 6.35. The van der Waals surface area contributed by atoms with Crippen LogP contribution in [0.4, 0.5) is 0 Å². The van der Waals surface area contributed by atoms with Gasteiger partial charge in [-0.25, -0.2) is 4.98 Å². The van der Waals surface area contributed by atoms with Gasteiger partial charge in [-0.2, -0.15) is 0 Å². The molecule has 144 valence electrons. The Morgan fingerprint density at radius 1 is 1.18 bits per heavy atom. The van der Waals surface area contributed by atoms with Crippen molar-refractivity contribution in [3.8, 4) is 11.5 Å². The van der Waals surface area contributed by atoms with Crippen LogP contribution in [0.5, 0.6) is 11.5 Å². The third kappa shape index (κ3) is 4.15. The highest BCUT2D eigenvalue weighted by Crippen LogP contribution is 2.34. The van der Waals surface area contributed by atoms with Gasteiger partial charge in [-0.3, -0.25) is 9.59 Å². The zero-order valence-corrected chi connectivity index (χ0v) is 15.6. The summed E-state index contributed by atoms with van der Waals surface area (Å²) in [4.78, 5) is 27.0. The highest BCUT2D eigenvalue weighted by atomic mass is 35.5. The lowest BCUT2D eigenvalue weighted by atomic mass is 10.1. The molecule has 0 unspecified atom stereocenters. The average molecular weight is 401 g/mol. The van der Waals surface area contributed by atoms with Crippen molar-refractivity contribution < 1.29 is 24.5 Å². The summed E-state index contributed by atoms with van der Waals surface area (Å²) in [6.45, 7) is 1.66. The molecular formula is C20H17ClN2O5. The van der Waals surface area contributed by atoms with E-state index in [1.54, 1.807) is 18.2 Å². The number of aliphatic carboxylic acids is 1. The lowest BCUT2D eigenvalue weighted by molar-refractivity contribution is -0.138. The van der Waals surface area contributed by atoms with Crippen molar-refractivity contribution in [1.29, 1.82) is 0 Å².